The fourth-order valence-electron chi connectivity index (χ4n) is 2.87. The molecule has 1 amide bonds. The minimum Gasteiger partial charge on any atom is -0.484 e. The van der Waals surface area contributed by atoms with Crippen LogP contribution in [0.5, 0.6) is 5.75 Å². The van der Waals surface area contributed by atoms with E-state index in [9.17, 15) is 4.79 Å². The van der Waals surface area contributed by atoms with Crippen LogP contribution in [0.15, 0.2) is 42.6 Å². The van der Waals surface area contributed by atoms with Crippen molar-refractivity contribution in [2.24, 2.45) is 0 Å². The first-order chi connectivity index (χ1) is 10.8. The molecule has 5 nitrogen and oxygen atoms in total. The van der Waals surface area contributed by atoms with E-state index in [2.05, 4.69) is 10.4 Å². The molecule has 0 aliphatic heterocycles. The molecule has 1 aromatic heterocycles. The predicted molar refractivity (Wildman–Crippen MR) is 84.9 cm³/mol. The Morgan fingerprint density at radius 1 is 1.18 bits per heavy atom. The topological polar surface area (TPSA) is 56.1 Å². The van der Waals surface area contributed by atoms with Gasteiger partial charge in [-0.3, -0.25) is 4.79 Å². The van der Waals surface area contributed by atoms with E-state index < -0.39 is 0 Å². The number of amides is 1. The Morgan fingerprint density at radius 2 is 1.95 bits per heavy atom. The zero-order valence-electron chi connectivity index (χ0n) is 12.6. The van der Waals surface area contributed by atoms with Crippen LogP contribution in [0.3, 0.4) is 0 Å². The van der Waals surface area contributed by atoms with Crippen molar-refractivity contribution in [2.75, 3.05) is 11.9 Å². The number of aromatic nitrogens is 2. The third-order valence-electron chi connectivity index (χ3n) is 3.97. The van der Waals surface area contributed by atoms with E-state index in [0.717, 1.165) is 18.7 Å². The lowest BCUT2D eigenvalue weighted by Crippen LogP contribution is -2.24. The molecule has 0 bridgehead atoms. The maximum absolute atomic E-state index is 12.0. The lowest BCUT2D eigenvalue weighted by Gasteiger charge is -2.23. The highest BCUT2D eigenvalue weighted by atomic mass is 16.5. The van der Waals surface area contributed by atoms with Crippen LogP contribution >= 0.6 is 0 Å². The van der Waals surface area contributed by atoms with Crippen molar-refractivity contribution in [3.63, 3.8) is 0 Å². The number of hydrogen-bond acceptors (Lipinski definition) is 3. The summed E-state index contributed by atoms with van der Waals surface area (Å²) in [4.78, 5) is 12.0. The molecule has 22 heavy (non-hydrogen) atoms. The molecule has 2 aromatic rings. The number of nitrogens with zero attached hydrogens (tertiary/aromatic N) is 2. The molecule has 5 heteroatoms. The predicted octanol–water partition coefficient (Wildman–Crippen LogP) is 3.41. The average molecular weight is 299 g/mol. The van der Waals surface area contributed by atoms with Gasteiger partial charge in [-0.2, -0.15) is 5.10 Å². The third-order valence-corrected chi connectivity index (χ3v) is 3.97. The van der Waals surface area contributed by atoms with Crippen molar-refractivity contribution in [1.29, 1.82) is 0 Å². The Morgan fingerprint density at radius 3 is 2.73 bits per heavy atom. The van der Waals surface area contributed by atoms with Crippen LogP contribution in [-0.4, -0.2) is 22.3 Å². The Balaban J connectivity index is 1.56. The normalized spacial score (nSPS) is 15.5. The fraction of sp³-hybridized carbons (Fsp3) is 0.412. The monoisotopic (exact) mass is 299 g/mol. The van der Waals surface area contributed by atoms with Crippen molar-refractivity contribution in [3.05, 3.63) is 42.6 Å². The highest BCUT2D eigenvalue weighted by Gasteiger charge is 2.19. The van der Waals surface area contributed by atoms with E-state index in [1.165, 1.54) is 19.3 Å². The molecule has 1 fully saturated rings. The molecular formula is C17H21N3O2. The van der Waals surface area contributed by atoms with Gasteiger partial charge in [0.05, 0.1) is 12.2 Å². The zero-order valence-corrected chi connectivity index (χ0v) is 12.6. The Labute approximate surface area is 130 Å². The molecule has 1 aliphatic rings. The Bertz CT molecular complexity index is 603. The summed E-state index contributed by atoms with van der Waals surface area (Å²) >= 11 is 0. The maximum Gasteiger partial charge on any atom is 0.263 e. The van der Waals surface area contributed by atoms with Crippen LogP contribution in [0.25, 0.3) is 0 Å². The molecule has 0 atom stereocenters. The molecule has 1 N–H and O–H groups in total. The lowest BCUT2D eigenvalue weighted by atomic mass is 9.96. The van der Waals surface area contributed by atoms with Gasteiger partial charge in [-0.05, 0) is 25.0 Å². The molecule has 1 saturated carbocycles. The summed E-state index contributed by atoms with van der Waals surface area (Å²) in [5.41, 5.74) is 0. The standard InChI is InChI=1S/C17H21N3O2/c21-17(13-22-15-9-5-2-6-10-15)19-16-11-12-18-20(16)14-7-3-1-4-8-14/h2,5-6,9-12,14H,1,3-4,7-8,13H2,(H,19,21). The second-order valence-corrected chi connectivity index (χ2v) is 5.60. The Kier molecular flexibility index (Phi) is 4.73. The summed E-state index contributed by atoms with van der Waals surface area (Å²) in [6.07, 6.45) is 7.76. The molecule has 1 heterocycles. The first-order valence-corrected chi connectivity index (χ1v) is 7.84. The van der Waals surface area contributed by atoms with Gasteiger partial charge in [0, 0.05) is 6.07 Å². The van der Waals surface area contributed by atoms with Gasteiger partial charge in [0.1, 0.15) is 11.6 Å². The third kappa shape index (κ3) is 3.67. The minimum atomic E-state index is -0.165. The molecule has 1 aliphatic carbocycles. The number of nitrogens with one attached hydrogen (secondary N) is 1. The first kappa shape index (κ1) is 14.6. The summed E-state index contributed by atoms with van der Waals surface area (Å²) in [6, 6.07) is 11.6. The van der Waals surface area contributed by atoms with Gasteiger partial charge in [-0.15, -0.1) is 0 Å². The van der Waals surface area contributed by atoms with Crippen LogP contribution < -0.4 is 10.1 Å². The Hall–Kier alpha value is -2.30. The molecule has 0 radical (unpaired) electrons. The van der Waals surface area contributed by atoms with Crippen LogP contribution in [0.2, 0.25) is 0 Å². The lowest BCUT2D eigenvalue weighted by molar-refractivity contribution is -0.118. The van der Waals surface area contributed by atoms with Gasteiger partial charge >= 0.3 is 0 Å². The van der Waals surface area contributed by atoms with E-state index in [1.54, 1.807) is 6.20 Å². The average Bonchev–Trinajstić information content (AvgIpc) is 3.03. The van der Waals surface area contributed by atoms with E-state index in [1.807, 2.05) is 41.1 Å². The zero-order chi connectivity index (χ0) is 15.2. The van der Waals surface area contributed by atoms with Crippen LogP contribution in [-0.2, 0) is 4.79 Å². The fourth-order valence-corrected chi connectivity index (χ4v) is 2.87. The highest BCUT2D eigenvalue weighted by Crippen LogP contribution is 2.29. The molecule has 1 aromatic carbocycles. The number of carbonyl (C=O) groups is 1. The number of hydrogen-bond donors (Lipinski definition) is 1. The van der Waals surface area contributed by atoms with E-state index >= 15 is 0 Å². The van der Waals surface area contributed by atoms with Crippen molar-refractivity contribution in [2.45, 2.75) is 38.1 Å². The van der Waals surface area contributed by atoms with Gasteiger partial charge in [0.15, 0.2) is 6.61 Å². The maximum atomic E-state index is 12.0. The van der Waals surface area contributed by atoms with E-state index in [4.69, 9.17) is 4.74 Å². The molecule has 0 spiro atoms. The number of para-hydroxylation sites is 1. The van der Waals surface area contributed by atoms with Crippen molar-refractivity contribution >= 4 is 11.7 Å². The van der Waals surface area contributed by atoms with Crippen LogP contribution in [0, 0.1) is 0 Å². The highest BCUT2D eigenvalue weighted by molar-refractivity contribution is 5.91. The largest absolute Gasteiger partial charge is 0.484 e. The number of rotatable bonds is 5. The number of ether oxygens (including phenoxy) is 1. The van der Waals surface area contributed by atoms with Gasteiger partial charge in [-0.25, -0.2) is 4.68 Å². The molecule has 0 saturated heterocycles. The van der Waals surface area contributed by atoms with Crippen molar-refractivity contribution in [3.8, 4) is 5.75 Å². The summed E-state index contributed by atoms with van der Waals surface area (Å²) in [5.74, 6) is 1.29. The van der Waals surface area contributed by atoms with Crippen LogP contribution in [0.1, 0.15) is 38.1 Å². The summed E-state index contributed by atoms with van der Waals surface area (Å²) in [6.45, 7) is -0.000139. The summed E-state index contributed by atoms with van der Waals surface area (Å²) < 4.78 is 7.40. The summed E-state index contributed by atoms with van der Waals surface area (Å²) in [7, 11) is 0. The molecular weight excluding hydrogens is 278 g/mol. The SMILES string of the molecule is O=C(COc1ccccc1)Nc1ccnn1C1CCCCC1. The van der Waals surface area contributed by atoms with E-state index in [0.29, 0.717) is 11.8 Å². The molecule has 0 unspecified atom stereocenters. The van der Waals surface area contributed by atoms with Crippen LogP contribution in [0.4, 0.5) is 5.82 Å². The molecule has 116 valence electrons. The number of anilines is 1. The van der Waals surface area contributed by atoms with Crippen molar-refractivity contribution in [1.82, 2.24) is 9.78 Å². The second kappa shape index (κ2) is 7.11. The first-order valence-electron chi connectivity index (χ1n) is 7.84. The van der Waals surface area contributed by atoms with Gasteiger partial charge in [0.2, 0.25) is 0 Å². The smallest absolute Gasteiger partial charge is 0.263 e. The van der Waals surface area contributed by atoms with Gasteiger partial charge in [-0.1, -0.05) is 37.5 Å². The van der Waals surface area contributed by atoms with E-state index in [-0.39, 0.29) is 12.5 Å². The second-order valence-electron chi connectivity index (χ2n) is 5.60. The van der Waals surface area contributed by atoms with Gasteiger partial charge < -0.3 is 10.1 Å². The minimum absolute atomic E-state index is 0.000139. The number of carbonyl (C=O) groups excluding carboxylic acids is 1. The quantitative estimate of drug-likeness (QED) is 0.920. The summed E-state index contributed by atoms with van der Waals surface area (Å²) in [5, 5.41) is 7.27. The molecule has 3 rings (SSSR count). The van der Waals surface area contributed by atoms with Gasteiger partial charge in [0.25, 0.3) is 5.91 Å². The van der Waals surface area contributed by atoms with Crippen molar-refractivity contribution < 1.29 is 9.53 Å². The number of benzene rings is 1.